The number of carbonyl (C=O) groups excluding carboxylic acids is 2. The lowest BCUT2D eigenvalue weighted by Crippen LogP contribution is -2.16. The molecule has 0 aromatic heterocycles. The van der Waals surface area contributed by atoms with Crippen molar-refractivity contribution in [2.45, 2.75) is 39.5 Å². The minimum atomic E-state index is -0.562. The molecule has 0 radical (unpaired) electrons. The molecule has 0 N–H and O–H groups in total. The van der Waals surface area contributed by atoms with Crippen molar-refractivity contribution < 1.29 is 23.8 Å². The maximum Gasteiger partial charge on any atom is 0.342 e. The third-order valence-corrected chi connectivity index (χ3v) is 3.13. The molecule has 1 rings (SSSR count). The van der Waals surface area contributed by atoms with E-state index >= 15 is 0 Å². The molecule has 0 spiro atoms. The van der Waals surface area contributed by atoms with Crippen LogP contribution in [0.15, 0.2) is 18.2 Å². The highest BCUT2D eigenvalue weighted by Gasteiger charge is 2.23. The predicted octanol–water partition coefficient (Wildman–Crippen LogP) is 3.61. The van der Waals surface area contributed by atoms with Gasteiger partial charge >= 0.3 is 11.9 Å². The maximum absolute atomic E-state index is 12.2. The van der Waals surface area contributed by atoms with Gasteiger partial charge in [-0.15, -0.1) is 0 Å². The number of ether oxygens (including phenoxy) is 3. The average molecular weight is 308 g/mol. The standard InChI is InChI=1S/C17H24O5/c1-4-6-11-21-16(18)13-9-8-10-14(20-3)15(13)17(19)22-12-7-5-2/h8-10H,4-7,11-12H2,1-3H3. The van der Waals surface area contributed by atoms with Crippen LogP contribution in [0.3, 0.4) is 0 Å². The lowest BCUT2D eigenvalue weighted by Gasteiger charge is -2.13. The Morgan fingerprint density at radius 1 is 0.955 bits per heavy atom. The van der Waals surface area contributed by atoms with E-state index < -0.39 is 11.9 Å². The summed E-state index contributed by atoms with van der Waals surface area (Å²) in [4.78, 5) is 24.4. The first-order chi connectivity index (χ1) is 10.7. The molecule has 122 valence electrons. The van der Waals surface area contributed by atoms with Gasteiger partial charge in [-0.05, 0) is 25.0 Å². The molecule has 0 bridgehead atoms. The number of hydrogen-bond acceptors (Lipinski definition) is 5. The third kappa shape index (κ3) is 5.06. The number of rotatable bonds is 9. The van der Waals surface area contributed by atoms with Gasteiger partial charge in [-0.3, -0.25) is 0 Å². The van der Waals surface area contributed by atoms with Crippen molar-refractivity contribution in [1.29, 1.82) is 0 Å². The van der Waals surface area contributed by atoms with Crippen LogP contribution in [0.5, 0.6) is 5.75 Å². The van der Waals surface area contributed by atoms with E-state index in [9.17, 15) is 9.59 Å². The van der Waals surface area contributed by atoms with Gasteiger partial charge < -0.3 is 14.2 Å². The van der Waals surface area contributed by atoms with Gasteiger partial charge in [0.15, 0.2) is 0 Å². The molecular weight excluding hydrogens is 284 g/mol. The first kappa shape index (κ1) is 18.0. The zero-order chi connectivity index (χ0) is 16.4. The van der Waals surface area contributed by atoms with Gasteiger partial charge in [0.25, 0.3) is 0 Å². The van der Waals surface area contributed by atoms with Crippen LogP contribution in [0.25, 0.3) is 0 Å². The van der Waals surface area contributed by atoms with Gasteiger partial charge in [0.05, 0.1) is 25.9 Å². The van der Waals surface area contributed by atoms with E-state index in [0.29, 0.717) is 19.0 Å². The van der Waals surface area contributed by atoms with Crippen molar-refractivity contribution in [2.24, 2.45) is 0 Å². The molecule has 5 nitrogen and oxygen atoms in total. The molecule has 0 heterocycles. The van der Waals surface area contributed by atoms with Crippen LogP contribution in [0, 0.1) is 0 Å². The van der Waals surface area contributed by atoms with Gasteiger partial charge in [0.2, 0.25) is 0 Å². The topological polar surface area (TPSA) is 61.8 Å². The summed E-state index contributed by atoms with van der Waals surface area (Å²) in [7, 11) is 1.45. The summed E-state index contributed by atoms with van der Waals surface area (Å²) in [5.41, 5.74) is 0.305. The van der Waals surface area contributed by atoms with Crippen molar-refractivity contribution in [2.75, 3.05) is 20.3 Å². The van der Waals surface area contributed by atoms with E-state index in [2.05, 4.69) is 0 Å². The lowest BCUT2D eigenvalue weighted by molar-refractivity contribution is 0.0449. The molecule has 0 aliphatic rings. The number of carbonyl (C=O) groups is 2. The third-order valence-electron chi connectivity index (χ3n) is 3.13. The molecule has 1 aromatic carbocycles. The molecule has 0 saturated heterocycles. The summed E-state index contributed by atoms with van der Waals surface area (Å²) >= 11 is 0. The second-order valence-corrected chi connectivity index (χ2v) is 4.86. The molecule has 0 aliphatic heterocycles. The van der Waals surface area contributed by atoms with Crippen molar-refractivity contribution in [3.05, 3.63) is 29.3 Å². The van der Waals surface area contributed by atoms with Crippen LogP contribution in [0.1, 0.15) is 60.2 Å². The molecule has 5 heteroatoms. The van der Waals surface area contributed by atoms with E-state index in [4.69, 9.17) is 14.2 Å². The highest BCUT2D eigenvalue weighted by Crippen LogP contribution is 2.24. The predicted molar refractivity (Wildman–Crippen MR) is 83.4 cm³/mol. The minimum absolute atomic E-state index is 0.127. The Kier molecular flexibility index (Phi) is 8.04. The Morgan fingerprint density at radius 3 is 2.09 bits per heavy atom. The number of unbranched alkanes of at least 4 members (excludes halogenated alkanes) is 2. The molecule has 0 atom stereocenters. The summed E-state index contributed by atoms with van der Waals surface area (Å²) in [6, 6.07) is 4.82. The van der Waals surface area contributed by atoms with Crippen molar-refractivity contribution >= 4 is 11.9 Å². The number of benzene rings is 1. The van der Waals surface area contributed by atoms with Crippen molar-refractivity contribution in [1.82, 2.24) is 0 Å². The fourth-order valence-corrected chi connectivity index (χ4v) is 1.85. The normalized spacial score (nSPS) is 10.1. The Labute approximate surface area is 131 Å². The Morgan fingerprint density at radius 2 is 1.55 bits per heavy atom. The molecule has 0 unspecified atom stereocenters. The Balaban J connectivity index is 2.96. The fourth-order valence-electron chi connectivity index (χ4n) is 1.85. The second kappa shape index (κ2) is 9.82. The lowest BCUT2D eigenvalue weighted by atomic mass is 10.1. The Bertz CT molecular complexity index is 496. The van der Waals surface area contributed by atoms with Crippen LogP contribution in [0.4, 0.5) is 0 Å². The van der Waals surface area contributed by atoms with Gasteiger partial charge in [-0.2, -0.15) is 0 Å². The fraction of sp³-hybridized carbons (Fsp3) is 0.529. The van der Waals surface area contributed by atoms with Crippen LogP contribution >= 0.6 is 0 Å². The van der Waals surface area contributed by atoms with E-state index in [1.165, 1.54) is 7.11 Å². The number of esters is 2. The van der Waals surface area contributed by atoms with E-state index in [0.717, 1.165) is 25.7 Å². The summed E-state index contributed by atoms with van der Waals surface area (Å²) in [6.45, 7) is 4.66. The summed E-state index contributed by atoms with van der Waals surface area (Å²) in [5, 5.41) is 0. The highest BCUT2D eigenvalue weighted by molar-refractivity contribution is 6.05. The highest BCUT2D eigenvalue weighted by atomic mass is 16.5. The SMILES string of the molecule is CCCCOC(=O)c1cccc(OC)c1C(=O)OCCCC. The molecule has 0 amide bonds. The van der Waals surface area contributed by atoms with Crippen LogP contribution in [-0.2, 0) is 9.47 Å². The quantitative estimate of drug-likeness (QED) is 0.515. The van der Waals surface area contributed by atoms with Crippen LogP contribution < -0.4 is 4.74 Å². The molecule has 0 saturated carbocycles. The van der Waals surface area contributed by atoms with Crippen molar-refractivity contribution in [3.63, 3.8) is 0 Å². The molecule has 0 fully saturated rings. The summed E-state index contributed by atoms with van der Waals surface area (Å²) in [6.07, 6.45) is 3.41. The first-order valence-electron chi connectivity index (χ1n) is 7.66. The van der Waals surface area contributed by atoms with Crippen LogP contribution in [-0.4, -0.2) is 32.3 Å². The van der Waals surface area contributed by atoms with E-state index in [1.807, 2.05) is 13.8 Å². The minimum Gasteiger partial charge on any atom is -0.496 e. The zero-order valence-corrected chi connectivity index (χ0v) is 13.5. The monoisotopic (exact) mass is 308 g/mol. The van der Waals surface area contributed by atoms with E-state index in [1.54, 1.807) is 18.2 Å². The van der Waals surface area contributed by atoms with Crippen molar-refractivity contribution in [3.8, 4) is 5.75 Å². The second-order valence-electron chi connectivity index (χ2n) is 4.86. The van der Waals surface area contributed by atoms with Gasteiger partial charge in [-0.1, -0.05) is 32.8 Å². The molecular formula is C17H24O5. The smallest absolute Gasteiger partial charge is 0.342 e. The number of methoxy groups -OCH3 is 1. The summed E-state index contributed by atoms with van der Waals surface area (Å²) in [5.74, 6) is -0.783. The average Bonchev–Trinajstić information content (AvgIpc) is 2.54. The van der Waals surface area contributed by atoms with Crippen LogP contribution in [0.2, 0.25) is 0 Å². The van der Waals surface area contributed by atoms with Gasteiger partial charge in [0.1, 0.15) is 11.3 Å². The van der Waals surface area contributed by atoms with E-state index in [-0.39, 0.29) is 11.1 Å². The Hall–Kier alpha value is -2.04. The molecule has 0 aliphatic carbocycles. The summed E-state index contributed by atoms with van der Waals surface area (Å²) < 4.78 is 15.6. The first-order valence-corrected chi connectivity index (χ1v) is 7.66. The molecule has 22 heavy (non-hydrogen) atoms. The molecule has 1 aromatic rings. The van der Waals surface area contributed by atoms with Gasteiger partial charge in [-0.25, -0.2) is 9.59 Å². The zero-order valence-electron chi connectivity index (χ0n) is 13.5. The number of hydrogen-bond donors (Lipinski definition) is 0. The largest absolute Gasteiger partial charge is 0.496 e. The van der Waals surface area contributed by atoms with Gasteiger partial charge in [0, 0.05) is 0 Å². The maximum atomic E-state index is 12.2.